The maximum Gasteiger partial charge on any atom is 0.412 e. The van der Waals surface area contributed by atoms with Crippen molar-refractivity contribution in [2.45, 2.75) is 13.8 Å². The fraction of sp³-hybridized carbons (Fsp3) is 0.333. The zero-order valence-electron chi connectivity index (χ0n) is 11.5. The van der Waals surface area contributed by atoms with Gasteiger partial charge in [0.2, 0.25) is 0 Å². The number of nitrogens with zero attached hydrogens (tertiary/aromatic N) is 1. The number of carbonyl (C=O) groups is 2. The molecule has 0 radical (unpaired) electrons. The minimum atomic E-state index is -1.17. The third-order valence-electron chi connectivity index (χ3n) is 2.20. The molecular weight excluding hydrogens is 284 g/mol. The van der Waals surface area contributed by atoms with Crippen LogP contribution in [0, 0.1) is 10.1 Å². The van der Waals surface area contributed by atoms with E-state index in [2.05, 4.69) is 14.8 Å². The Morgan fingerprint density at radius 2 is 2.00 bits per heavy atom. The number of hydrogen-bond donors (Lipinski definition) is 1. The number of alkyl carbamates (subject to hydrolysis) is 1. The summed E-state index contributed by atoms with van der Waals surface area (Å²) in [6.45, 7) is 3.10. The van der Waals surface area contributed by atoms with Gasteiger partial charge in [-0.25, -0.2) is 9.59 Å². The summed E-state index contributed by atoms with van der Waals surface area (Å²) in [6, 6.07) is 1.35. The lowest BCUT2D eigenvalue weighted by molar-refractivity contribution is -0.420. The van der Waals surface area contributed by atoms with E-state index in [0.29, 0.717) is 0 Å². The van der Waals surface area contributed by atoms with Crippen molar-refractivity contribution in [3.8, 4) is 0 Å². The Kier molecular flexibility index (Phi) is 5.93. The second-order valence-corrected chi connectivity index (χ2v) is 3.56. The van der Waals surface area contributed by atoms with E-state index in [1.165, 1.54) is 19.3 Å². The van der Waals surface area contributed by atoms with Crippen LogP contribution in [0.15, 0.2) is 28.7 Å². The van der Waals surface area contributed by atoms with Gasteiger partial charge in [0, 0.05) is 5.56 Å². The predicted molar refractivity (Wildman–Crippen MR) is 69.4 cm³/mol. The van der Waals surface area contributed by atoms with Crippen LogP contribution in [0.25, 0.3) is 5.70 Å². The van der Waals surface area contributed by atoms with Crippen molar-refractivity contribution in [1.29, 1.82) is 0 Å². The lowest BCUT2D eigenvalue weighted by atomic mass is 10.2. The van der Waals surface area contributed by atoms with Gasteiger partial charge in [-0.3, -0.25) is 15.4 Å². The van der Waals surface area contributed by atoms with E-state index in [1.54, 1.807) is 6.92 Å². The van der Waals surface area contributed by atoms with Crippen LogP contribution in [-0.2, 0) is 14.3 Å². The highest BCUT2D eigenvalue weighted by Crippen LogP contribution is 2.19. The SMILES string of the molecule is CCOC(=O)N/C(=C(/C(=O)OCC)[N+](=O)[O-])c1ccoc1. The summed E-state index contributed by atoms with van der Waals surface area (Å²) >= 11 is 0. The van der Waals surface area contributed by atoms with Gasteiger partial charge in [0.05, 0.1) is 30.7 Å². The van der Waals surface area contributed by atoms with Crippen molar-refractivity contribution < 1.29 is 28.4 Å². The first-order chi connectivity index (χ1) is 10.0. The van der Waals surface area contributed by atoms with Gasteiger partial charge in [0.25, 0.3) is 0 Å². The molecule has 0 saturated carbocycles. The summed E-state index contributed by atoms with van der Waals surface area (Å²) in [7, 11) is 0. The van der Waals surface area contributed by atoms with Gasteiger partial charge in [0.1, 0.15) is 5.70 Å². The normalized spacial score (nSPS) is 11.3. The fourth-order valence-corrected chi connectivity index (χ4v) is 1.41. The van der Waals surface area contributed by atoms with Gasteiger partial charge >= 0.3 is 17.8 Å². The molecule has 0 spiro atoms. The number of furan rings is 1. The first-order valence-corrected chi connectivity index (χ1v) is 6.03. The smallest absolute Gasteiger partial charge is 0.412 e. The number of ether oxygens (including phenoxy) is 2. The summed E-state index contributed by atoms with van der Waals surface area (Å²) in [6.07, 6.45) is 1.45. The average Bonchev–Trinajstić information content (AvgIpc) is 2.91. The van der Waals surface area contributed by atoms with E-state index in [1.807, 2.05) is 0 Å². The molecule has 1 heterocycles. The minimum absolute atomic E-state index is 0.0474. The molecule has 0 aliphatic rings. The number of nitrogens with one attached hydrogen (secondary N) is 1. The molecule has 114 valence electrons. The van der Waals surface area contributed by atoms with Crippen molar-refractivity contribution in [2.24, 2.45) is 0 Å². The molecule has 1 rings (SSSR count). The number of esters is 1. The van der Waals surface area contributed by atoms with Crippen LogP contribution in [0.4, 0.5) is 4.79 Å². The van der Waals surface area contributed by atoms with Crippen LogP contribution >= 0.6 is 0 Å². The van der Waals surface area contributed by atoms with Crippen LogP contribution < -0.4 is 5.32 Å². The number of amides is 1. The molecular formula is C12H14N2O7. The van der Waals surface area contributed by atoms with Crippen molar-refractivity contribution in [2.75, 3.05) is 13.2 Å². The number of carbonyl (C=O) groups excluding carboxylic acids is 2. The molecule has 0 unspecified atom stereocenters. The summed E-state index contributed by atoms with van der Waals surface area (Å²) in [5.41, 5.74) is -1.13. The van der Waals surface area contributed by atoms with Gasteiger partial charge in [0.15, 0.2) is 0 Å². The molecule has 1 N–H and O–H groups in total. The van der Waals surface area contributed by atoms with E-state index in [4.69, 9.17) is 4.42 Å². The Morgan fingerprint density at radius 1 is 1.33 bits per heavy atom. The summed E-state index contributed by atoms with van der Waals surface area (Å²) in [5, 5.41) is 13.3. The molecule has 0 aromatic carbocycles. The molecule has 9 heteroatoms. The maximum absolute atomic E-state index is 11.7. The first-order valence-electron chi connectivity index (χ1n) is 6.03. The lowest BCUT2D eigenvalue weighted by Crippen LogP contribution is -2.28. The number of rotatable bonds is 6. The Hall–Kier alpha value is -2.84. The molecule has 0 saturated heterocycles. The third kappa shape index (κ3) is 4.34. The minimum Gasteiger partial charge on any atom is -0.472 e. The maximum atomic E-state index is 11.7. The summed E-state index contributed by atoms with van der Waals surface area (Å²) < 4.78 is 14.1. The van der Waals surface area contributed by atoms with Gasteiger partial charge in [-0.1, -0.05) is 0 Å². The van der Waals surface area contributed by atoms with Gasteiger partial charge in [-0.2, -0.15) is 0 Å². The molecule has 0 fully saturated rings. The topological polar surface area (TPSA) is 121 Å². The Balaban J connectivity index is 3.29. The Labute approximate surface area is 119 Å². The Bertz CT molecular complexity index is 548. The zero-order chi connectivity index (χ0) is 15.8. The molecule has 1 amide bonds. The van der Waals surface area contributed by atoms with E-state index < -0.39 is 22.7 Å². The van der Waals surface area contributed by atoms with E-state index in [9.17, 15) is 19.7 Å². The average molecular weight is 298 g/mol. The molecule has 9 nitrogen and oxygen atoms in total. The van der Waals surface area contributed by atoms with E-state index in [-0.39, 0.29) is 24.5 Å². The van der Waals surface area contributed by atoms with E-state index in [0.717, 1.165) is 6.26 Å². The zero-order valence-corrected chi connectivity index (χ0v) is 11.5. The monoisotopic (exact) mass is 298 g/mol. The molecule has 0 aliphatic heterocycles. The van der Waals surface area contributed by atoms with Crippen LogP contribution in [0.1, 0.15) is 19.4 Å². The van der Waals surface area contributed by atoms with Gasteiger partial charge < -0.3 is 13.9 Å². The summed E-state index contributed by atoms with van der Waals surface area (Å²) in [5.74, 6) is -1.17. The van der Waals surface area contributed by atoms with E-state index >= 15 is 0 Å². The van der Waals surface area contributed by atoms with Crippen molar-refractivity contribution >= 4 is 17.8 Å². The highest BCUT2D eigenvalue weighted by atomic mass is 16.6. The molecule has 1 aromatic rings. The highest BCUT2D eigenvalue weighted by Gasteiger charge is 2.32. The quantitative estimate of drug-likeness (QED) is 0.366. The predicted octanol–water partition coefficient (Wildman–Crippen LogP) is 1.53. The molecule has 1 aromatic heterocycles. The number of nitro groups is 1. The van der Waals surface area contributed by atoms with Gasteiger partial charge in [-0.05, 0) is 19.9 Å². The summed E-state index contributed by atoms with van der Waals surface area (Å²) in [4.78, 5) is 33.4. The van der Waals surface area contributed by atoms with Crippen molar-refractivity contribution in [1.82, 2.24) is 5.32 Å². The van der Waals surface area contributed by atoms with Crippen molar-refractivity contribution in [3.63, 3.8) is 0 Å². The van der Waals surface area contributed by atoms with Crippen molar-refractivity contribution in [3.05, 3.63) is 40.0 Å². The lowest BCUT2D eigenvalue weighted by Gasteiger charge is -2.09. The second-order valence-electron chi connectivity index (χ2n) is 3.56. The molecule has 0 aliphatic carbocycles. The van der Waals surface area contributed by atoms with Crippen LogP contribution in [-0.4, -0.2) is 30.2 Å². The van der Waals surface area contributed by atoms with Crippen LogP contribution in [0.2, 0.25) is 0 Å². The largest absolute Gasteiger partial charge is 0.472 e. The third-order valence-corrected chi connectivity index (χ3v) is 2.20. The standard InChI is InChI=1S/C12H14N2O7/c1-3-20-11(15)10(14(17)18)9(8-5-6-19-7-8)13-12(16)21-4-2/h5-7H,3-4H2,1-2H3,(H,13,16)/b10-9-. The highest BCUT2D eigenvalue weighted by molar-refractivity contribution is 5.97. The number of hydrogen-bond acceptors (Lipinski definition) is 7. The first kappa shape index (κ1) is 16.2. The second kappa shape index (κ2) is 7.68. The fourth-order valence-electron chi connectivity index (χ4n) is 1.41. The van der Waals surface area contributed by atoms with Crippen LogP contribution in [0.3, 0.4) is 0 Å². The Morgan fingerprint density at radius 3 is 2.48 bits per heavy atom. The van der Waals surface area contributed by atoms with Gasteiger partial charge in [-0.15, -0.1) is 0 Å². The molecule has 21 heavy (non-hydrogen) atoms. The molecule has 0 bridgehead atoms. The van der Waals surface area contributed by atoms with Crippen LogP contribution in [0.5, 0.6) is 0 Å². The molecule has 0 atom stereocenters.